The van der Waals surface area contributed by atoms with E-state index in [-0.39, 0.29) is 12.0 Å². The molecule has 7 nitrogen and oxygen atoms in total. The number of nitrogens with zero attached hydrogens (tertiary/aromatic N) is 6. The van der Waals surface area contributed by atoms with Crippen molar-refractivity contribution in [3.63, 3.8) is 0 Å². The molecular weight excluding hydrogens is 338 g/mol. The summed E-state index contributed by atoms with van der Waals surface area (Å²) < 4.78 is 0. The van der Waals surface area contributed by atoms with Crippen LogP contribution in [0, 0.1) is 0 Å². The average Bonchev–Trinajstić information content (AvgIpc) is 2.68. The quantitative estimate of drug-likeness (QED) is 0.839. The molecule has 0 radical (unpaired) electrons. The smallest absolute Gasteiger partial charge is 0.229 e. The largest absolute Gasteiger partial charge is 0.371 e. The summed E-state index contributed by atoms with van der Waals surface area (Å²) >= 11 is 0. The molecule has 2 aromatic rings. The molecule has 1 atom stereocenters. The summed E-state index contributed by atoms with van der Waals surface area (Å²) in [6.45, 7) is 5.23. The maximum absolute atomic E-state index is 5.90. The Hall–Kier alpha value is -2.41. The molecule has 3 rings (SSSR count). The summed E-state index contributed by atoms with van der Waals surface area (Å²) in [4.78, 5) is 19.8. The predicted octanol–water partition coefficient (Wildman–Crippen LogP) is 2.70. The maximum Gasteiger partial charge on any atom is 0.229 e. The first-order valence-corrected chi connectivity index (χ1v) is 9.67. The van der Waals surface area contributed by atoms with Crippen molar-refractivity contribution < 1.29 is 0 Å². The average molecular weight is 370 g/mol. The van der Waals surface area contributed by atoms with Crippen molar-refractivity contribution in [2.24, 2.45) is 0 Å². The van der Waals surface area contributed by atoms with Gasteiger partial charge >= 0.3 is 0 Å². The molecule has 0 bridgehead atoms. The van der Waals surface area contributed by atoms with Crippen LogP contribution in [0.4, 0.5) is 17.6 Å². The topological polar surface area (TPSA) is 74.4 Å². The second-order valence-corrected chi connectivity index (χ2v) is 7.51. The highest BCUT2D eigenvalue weighted by molar-refractivity contribution is 5.54. The zero-order chi connectivity index (χ0) is 19.4. The van der Waals surface area contributed by atoms with Crippen molar-refractivity contribution in [2.45, 2.75) is 38.8 Å². The minimum atomic E-state index is 0.0309. The molecular formula is C20H31N7. The molecule has 0 amide bonds. The van der Waals surface area contributed by atoms with Crippen LogP contribution in [0.5, 0.6) is 0 Å². The first-order valence-electron chi connectivity index (χ1n) is 9.67. The molecule has 1 aromatic carbocycles. The van der Waals surface area contributed by atoms with E-state index >= 15 is 0 Å². The molecule has 2 N–H and O–H groups in total. The van der Waals surface area contributed by atoms with Crippen LogP contribution in [0.25, 0.3) is 0 Å². The van der Waals surface area contributed by atoms with Gasteiger partial charge in [-0.25, -0.2) is 0 Å². The van der Waals surface area contributed by atoms with Crippen LogP contribution in [0.1, 0.15) is 43.6 Å². The molecule has 0 aliphatic carbocycles. The van der Waals surface area contributed by atoms with E-state index in [1.165, 1.54) is 30.5 Å². The molecule has 1 saturated heterocycles. The normalized spacial score (nSPS) is 15.8. The Labute approximate surface area is 162 Å². The highest BCUT2D eigenvalue weighted by Crippen LogP contribution is 2.27. The lowest BCUT2D eigenvalue weighted by atomic mass is 10.1. The minimum absolute atomic E-state index is 0.0309. The van der Waals surface area contributed by atoms with Gasteiger partial charge in [-0.3, -0.25) is 4.90 Å². The van der Waals surface area contributed by atoms with Gasteiger partial charge in [0.2, 0.25) is 11.9 Å². The number of hydrogen-bond acceptors (Lipinski definition) is 7. The van der Waals surface area contributed by atoms with Crippen molar-refractivity contribution in [3.05, 3.63) is 35.7 Å². The molecule has 1 aromatic heterocycles. The van der Waals surface area contributed by atoms with Gasteiger partial charge in [-0.1, -0.05) is 18.2 Å². The molecule has 146 valence electrons. The van der Waals surface area contributed by atoms with Crippen LogP contribution in [-0.2, 0) is 6.54 Å². The molecule has 1 fully saturated rings. The van der Waals surface area contributed by atoms with Crippen LogP contribution in [0.3, 0.4) is 0 Å². The maximum atomic E-state index is 5.90. The minimum Gasteiger partial charge on any atom is -0.371 e. The van der Waals surface area contributed by atoms with Gasteiger partial charge in [-0.05, 0) is 44.9 Å². The Morgan fingerprint density at radius 2 is 1.74 bits per heavy atom. The van der Waals surface area contributed by atoms with E-state index in [0.717, 1.165) is 19.6 Å². The lowest BCUT2D eigenvalue weighted by Crippen LogP contribution is -2.31. The number of nitrogen functional groups attached to an aromatic ring is 1. The lowest BCUT2D eigenvalue weighted by molar-refractivity contribution is 0.243. The van der Waals surface area contributed by atoms with Gasteiger partial charge in [0, 0.05) is 39.4 Å². The van der Waals surface area contributed by atoms with Crippen molar-refractivity contribution in [3.8, 4) is 0 Å². The summed E-state index contributed by atoms with van der Waals surface area (Å²) in [5, 5.41) is 0. The van der Waals surface area contributed by atoms with Gasteiger partial charge in [-0.2, -0.15) is 15.0 Å². The number of piperidine rings is 1. The van der Waals surface area contributed by atoms with Crippen molar-refractivity contribution in [1.29, 1.82) is 0 Å². The standard InChI is InChI=1S/C20H31N7/c1-15(18-22-19(21)24-20(23-18)25(2)3)26(4)14-16-10-6-7-11-17(16)27-12-8-5-9-13-27/h6-7,10-11,15H,5,8-9,12-14H2,1-4H3,(H2,21,22,23,24). The van der Waals surface area contributed by atoms with E-state index in [2.05, 4.69) is 63.0 Å². The third-order valence-electron chi connectivity index (χ3n) is 5.20. The Kier molecular flexibility index (Phi) is 6.11. The fraction of sp³-hybridized carbons (Fsp3) is 0.550. The molecule has 0 spiro atoms. The van der Waals surface area contributed by atoms with E-state index in [0.29, 0.717) is 11.8 Å². The SMILES string of the molecule is CC(c1nc(N)nc(N(C)C)n1)N(C)Cc1ccccc1N1CCCCC1. The van der Waals surface area contributed by atoms with E-state index in [9.17, 15) is 0 Å². The van der Waals surface area contributed by atoms with Crippen molar-refractivity contribution in [2.75, 3.05) is 49.8 Å². The molecule has 1 aliphatic rings. The van der Waals surface area contributed by atoms with E-state index < -0.39 is 0 Å². The van der Waals surface area contributed by atoms with Gasteiger partial charge in [0.25, 0.3) is 0 Å². The first-order chi connectivity index (χ1) is 13.0. The molecule has 1 aliphatic heterocycles. The number of para-hydroxylation sites is 1. The zero-order valence-corrected chi connectivity index (χ0v) is 16.9. The van der Waals surface area contributed by atoms with Crippen LogP contribution in [0.15, 0.2) is 24.3 Å². The third kappa shape index (κ3) is 4.66. The molecule has 0 saturated carbocycles. The van der Waals surface area contributed by atoms with Gasteiger partial charge < -0.3 is 15.5 Å². The number of anilines is 3. The summed E-state index contributed by atoms with van der Waals surface area (Å²) in [6, 6.07) is 8.74. The highest BCUT2D eigenvalue weighted by atomic mass is 15.3. The number of rotatable bonds is 6. The van der Waals surface area contributed by atoms with Crippen LogP contribution >= 0.6 is 0 Å². The Morgan fingerprint density at radius 1 is 1.04 bits per heavy atom. The summed E-state index contributed by atoms with van der Waals surface area (Å²) in [7, 11) is 5.91. The summed E-state index contributed by atoms with van der Waals surface area (Å²) in [6.07, 6.45) is 3.89. The third-order valence-corrected chi connectivity index (χ3v) is 5.20. The molecule has 27 heavy (non-hydrogen) atoms. The van der Waals surface area contributed by atoms with Crippen molar-refractivity contribution in [1.82, 2.24) is 19.9 Å². The van der Waals surface area contributed by atoms with Crippen LogP contribution < -0.4 is 15.5 Å². The van der Waals surface area contributed by atoms with Gasteiger partial charge in [0.1, 0.15) is 0 Å². The second kappa shape index (κ2) is 8.52. The van der Waals surface area contributed by atoms with Gasteiger partial charge in [0.15, 0.2) is 5.82 Å². The number of benzene rings is 1. The van der Waals surface area contributed by atoms with Gasteiger partial charge in [-0.15, -0.1) is 0 Å². The van der Waals surface area contributed by atoms with Crippen LogP contribution in [0.2, 0.25) is 0 Å². The summed E-state index contributed by atoms with van der Waals surface area (Å²) in [5.41, 5.74) is 8.58. The number of hydrogen-bond donors (Lipinski definition) is 1. The molecule has 1 unspecified atom stereocenters. The molecule has 7 heteroatoms. The summed E-state index contributed by atoms with van der Waals surface area (Å²) in [5.74, 6) is 1.55. The molecule has 2 heterocycles. The van der Waals surface area contributed by atoms with Gasteiger partial charge in [0.05, 0.1) is 6.04 Å². The van der Waals surface area contributed by atoms with E-state index in [1.807, 2.05) is 19.0 Å². The zero-order valence-electron chi connectivity index (χ0n) is 16.9. The Balaban J connectivity index is 1.78. The Bertz CT molecular complexity index is 756. The predicted molar refractivity (Wildman–Crippen MR) is 111 cm³/mol. The van der Waals surface area contributed by atoms with Crippen molar-refractivity contribution >= 4 is 17.6 Å². The van der Waals surface area contributed by atoms with E-state index in [1.54, 1.807) is 0 Å². The second-order valence-electron chi connectivity index (χ2n) is 7.51. The van der Waals surface area contributed by atoms with Crippen LogP contribution in [-0.4, -0.2) is 54.1 Å². The monoisotopic (exact) mass is 369 g/mol. The lowest BCUT2D eigenvalue weighted by Gasteiger charge is -2.32. The fourth-order valence-corrected chi connectivity index (χ4v) is 3.47. The first kappa shape index (κ1) is 19.4. The fourth-order valence-electron chi connectivity index (χ4n) is 3.47. The Morgan fingerprint density at radius 3 is 2.44 bits per heavy atom. The van der Waals surface area contributed by atoms with E-state index in [4.69, 9.17) is 5.73 Å². The highest BCUT2D eigenvalue weighted by Gasteiger charge is 2.20. The number of aromatic nitrogens is 3. The number of nitrogens with two attached hydrogens (primary N) is 1.